The first-order valence-corrected chi connectivity index (χ1v) is 14.0. The van der Waals surface area contributed by atoms with Crippen molar-refractivity contribution < 1.29 is 27.2 Å². The molecule has 0 saturated heterocycles. The molecule has 3 aliphatic rings. The molecule has 39 heavy (non-hydrogen) atoms. The number of hydrogen-bond acceptors (Lipinski definition) is 7. The van der Waals surface area contributed by atoms with Gasteiger partial charge in [-0.15, -0.1) is 21.5 Å². The number of rotatable bonds is 10. The Kier molecular flexibility index (Phi) is 6.59. The highest BCUT2D eigenvalue weighted by atomic mass is 32.1. The number of halogens is 4. The van der Waals surface area contributed by atoms with Gasteiger partial charge in [0.1, 0.15) is 24.1 Å². The number of carbonyl (C=O) groups is 2. The Morgan fingerprint density at radius 1 is 1.23 bits per heavy atom. The fourth-order valence-corrected chi connectivity index (χ4v) is 6.78. The molecule has 1 N–H and O–H groups in total. The number of nitrogens with zero attached hydrogens (tertiary/aromatic N) is 5. The Hall–Kier alpha value is -3.09. The van der Waals surface area contributed by atoms with Gasteiger partial charge in [0, 0.05) is 47.3 Å². The lowest BCUT2D eigenvalue weighted by atomic mass is 9.88. The molecular formula is C26H28F4N6O2S. The third-order valence-electron chi connectivity index (χ3n) is 7.90. The predicted octanol–water partition coefficient (Wildman–Crippen LogP) is 5.41. The molecule has 0 bridgehead atoms. The molecule has 0 aromatic carbocycles. The normalized spacial score (nSPS) is 22.5. The first kappa shape index (κ1) is 26.1. The summed E-state index contributed by atoms with van der Waals surface area (Å²) in [5.74, 6) is 0.319. The topological polar surface area (TPSA) is 94.7 Å². The molecule has 208 valence electrons. The number of carbonyl (C=O) groups excluding carboxylic acids is 2. The van der Waals surface area contributed by atoms with Crippen molar-refractivity contribution in [1.82, 2.24) is 24.5 Å². The van der Waals surface area contributed by atoms with Crippen molar-refractivity contribution in [2.45, 2.75) is 76.2 Å². The van der Waals surface area contributed by atoms with Crippen LogP contribution < -0.4 is 5.32 Å². The van der Waals surface area contributed by atoms with Gasteiger partial charge in [-0.2, -0.15) is 18.3 Å². The Balaban J connectivity index is 1.26. The van der Waals surface area contributed by atoms with Gasteiger partial charge in [-0.25, -0.2) is 4.39 Å². The zero-order valence-electron chi connectivity index (χ0n) is 21.3. The van der Waals surface area contributed by atoms with Crippen LogP contribution in [-0.4, -0.2) is 42.3 Å². The van der Waals surface area contributed by atoms with E-state index in [1.807, 2.05) is 0 Å². The Morgan fingerprint density at radius 3 is 2.67 bits per heavy atom. The molecule has 0 radical (unpaired) electrons. The lowest BCUT2D eigenvalue weighted by Crippen LogP contribution is -2.20. The number of Topliss-reactive ketones (excluding diaryl/α,β-unsaturated/α-hetero) is 2. The quantitative estimate of drug-likeness (QED) is 0.262. The second-order valence-electron chi connectivity index (χ2n) is 10.8. The van der Waals surface area contributed by atoms with Crippen LogP contribution in [0.3, 0.4) is 0 Å². The monoisotopic (exact) mass is 564 g/mol. The predicted molar refractivity (Wildman–Crippen MR) is 135 cm³/mol. The maximum absolute atomic E-state index is 13.6. The molecule has 0 aliphatic heterocycles. The summed E-state index contributed by atoms with van der Waals surface area (Å²) < 4.78 is 55.8. The van der Waals surface area contributed by atoms with Crippen LogP contribution >= 0.6 is 11.3 Å². The van der Waals surface area contributed by atoms with Crippen LogP contribution in [0.1, 0.15) is 75.9 Å². The van der Waals surface area contributed by atoms with Crippen molar-refractivity contribution in [1.29, 1.82) is 0 Å². The van der Waals surface area contributed by atoms with Gasteiger partial charge in [0.25, 0.3) is 0 Å². The summed E-state index contributed by atoms with van der Waals surface area (Å²) in [4.78, 5) is 27.9. The van der Waals surface area contributed by atoms with Gasteiger partial charge in [0.15, 0.2) is 11.5 Å². The second kappa shape index (κ2) is 9.83. The van der Waals surface area contributed by atoms with E-state index < -0.39 is 24.0 Å². The zero-order chi connectivity index (χ0) is 27.5. The van der Waals surface area contributed by atoms with Crippen LogP contribution in [0, 0.1) is 11.8 Å². The van der Waals surface area contributed by atoms with E-state index >= 15 is 0 Å². The minimum absolute atomic E-state index is 0.0344. The van der Waals surface area contributed by atoms with Gasteiger partial charge in [-0.3, -0.25) is 18.8 Å². The van der Waals surface area contributed by atoms with Crippen molar-refractivity contribution >= 4 is 34.7 Å². The highest BCUT2D eigenvalue weighted by Crippen LogP contribution is 2.43. The summed E-state index contributed by atoms with van der Waals surface area (Å²) in [6.07, 6.45) is 1.67. The van der Waals surface area contributed by atoms with E-state index in [1.54, 1.807) is 4.57 Å². The Morgan fingerprint density at radius 2 is 2.00 bits per heavy atom. The lowest BCUT2D eigenvalue weighted by molar-refractivity contribution is -0.141. The molecule has 3 aromatic rings. The number of ketones is 2. The highest BCUT2D eigenvalue weighted by molar-refractivity contribution is 7.12. The fourth-order valence-electron chi connectivity index (χ4n) is 5.40. The third kappa shape index (κ3) is 5.37. The largest absolute Gasteiger partial charge is 0.435 e. The standard InChI is InChI=1S/C26H28F4N6O2S/c1-35-23(11-22(34-35)26(28,29)30)32-25-33-31-12-36(25)14-5-7-20-16(8-14)24(18(37)6-4-13-2-3-13)21(39-20)10-19(38)15-9-17(15)27/h11-15,17H,2-10H2,1H3,(H,32,33)/t14-,15-,17+/m0/s1. The number of aromatic nitrogens is 5. The van der Waals surface area contributed by atoms with Crippen LogP contribution in [0.5, 0.6) is 0 Å². The number of hydrogen-bond donors (Lipinski definition) is 1. The summed E-state index contributed by atoms with van der Waals surface area (Å²) in [5.41, 5.74) is 0.529. The van der Waals surface area contributed by atoms with E-state index in [9.17, 15) is 27.2 Å². The molecule has 2 fully saturated rings. The summed E-state index contributed by atoms with van der Waals surface area (Å²) in [6.45, 7) is 0. The molecule has 0 amide bonds. The van der Waals surface area contributed by atoms with E-state index in [0.717, 1.165) is 45.3 Å². The van der Waals surface area contributed by atoms with Gasteiger partial charge < -0.3 is 5.32 Å². The molecule has 2 saturated carbocycles. The van der Waals surface area contributed by atoms with Crippen molar-refractivity contribution in [3.63, 3.8) is 0 Å². The molecule has 13 heteroatoms. The SMILES string of the molecule is Cn1nc(C(F)(F)F)cc1Nc1nncn1[C@H]1CCc2sc(CC(=O)[C@H]3C[C@H]3F)c(C(=O)CCC3CC3)c2C1. The Labute approximate surface area is 225 Å². The van der Waals surface area contributed by atoms with Crippen molar-refractivity contribution in [3.05, 3.63) is 39.0 Å². The smallest absolute Gasteiger partial charge is 0.309 e. The Bertz CT molecular complexity index is 1420. The number of alkyl halides is 4. The molecule has 0 spiro atoms. The van der Waals surface area contributed by atoms with Crippen LogP contribution in [0.25, 0.3) is 0 Å². The fraction of sp³-hybridized carbons (Fsp3) is 0.577. The van der Waals surface area contributed by atoms with Gasteiger partial charge >= 0.3 is 6.18 Å². The van der Waals surface area contributed by atoms with Crippen LogP contribution in [0.2, 0.25) is 0 Å². The molecule has 0 unspecified atom stereocenters. The second-order valence-corrected chi connectivity index (χ2v) is 12.0. The number of thiophene rings is 1. The average Bonchev–Trinajstić information content (AvgIpc) is 3.71. The molecule has 3 aromatic heterocycles. The van der Waals surface area contributed by atoms with Gasteiger partial charge in [0.2, 0.25) is 5.95 Å². The van der Waals surface area contributed by atoms with Crippen molar-refractivity contribution in [2.24, 2.45) is 18.9 Å². The zero-order valence-corrected chi connectivity index (χ0v) is 22.1. The van der Waals surface area contributed by atoms with Crippen LogP contribution in [-0.2, 0) is 37.3 Å². The first-order valence-electron chi connectivity index (χ1n) is 13.2. The van der Waals surface area contributed by atoms with Gasteiger partial charge in [-0.05, 0) is 43.6 Å². The summed E-state index contributed by atoms with van der Waals surface area (Å²) in [5, 5.41) is 14.5. The van der Waals surface area contributed by atoms with Crippen molar-refractivity contribution in [3.8, 4) is 0 Å². The summed E-state index contributed by atoms with van der Waals surface area (Å²) >= 11 is 1.49. The first-order chi connectivity index (χ1) is 18.6. The van der Waals surface area contributed by atoms with E-state index in [0.29, 0.717) is 37.2 Å². The van der Waals surface area contributed by atoms with Gasteiger partial charge in [0.05, 0.1) is 5.92 Å². The maximum Gasteiger partial charge on any atom is 0.435 e. The number of fused-ring (bicyclic) bond motifs is 1. The maximum atomic E-state index is 13.6. The van der Waals surface area contributed by atoms with Crippen molar-refractivity contribution in [2.75, 3.05) is 5.32 Å². The summed E-state index contributed by atoms with van der Waals surface area (Å²) in [7, 11) is 1.41. The number of anilines is 2. The molecule has 3 heterocycles. The van der Waals surface area contributed by atoms with E-state index in [-0.39, 0.29) is 42.2 Å². The van der Waals surface area contributed by atoms with Crippen LogP contribution in [0.4, 0.5) is 29.3 Å². The average molecular weight is 565 g/mol. The van der Waals surface area contributed by atoms with Gasteiger partial charge in [-0.1, -0.05) is 12.8 Å². The minimum atomic E-state index is -4.57. The summed E-state index contributed by atoms with van der Waals surface area (Å²) in [6, 6.07) is 0.774. The van der Waals surface area contributed by atoms with E-state index in [2.05, 4.69) is 20.6 Å². The van der Waals surface area contributed by atoms with Crippen LogP contribution in [0.15, 0.2) is 12.4 Å². The molecule has 6 rings (SSSR count). The number of nitrogens with one attached hydrogen (secondary N) is 1. The highest BCUT2D eigenvalue weighted by Gasteiger charge is 2.44. The molecule has 8 nitrogen and oxygen atoms in total. The molecule has 3 atom stereocenters. The molecular weight excluding hydrogens is 536 g/mol. The van der Waals surface area contributed by atoms with E-state index in [4.69, 9.17) is 0 Å². The molecule has 3 aliphatic carbocycles. The lowest BCUT2D eigenvalue weighted by Gasteiger charge is -2.25. The third-order valence-corrected chi connectivity index (χ3v) is 9.19. The van der Waals surface area contributed by atoms with E-state index in [1.165, 1.54) is 24.7 Å². The number of aryl methyl sites for hydroxylation is 2. The minimum Gasteiger partial charge on any atom is -0.309 e.